The molecular weight excluding hydrogens is 230 g/mol. The van der Waals surface area contributed by atoms with E-state index in [1.165, 1.54) is 6.42 Å². The molecule has 3 N–H and O–H groups in total. The van der Waals surface area contributed by atoms with Crippen molar-refractivity contribution in [1.82, 2.24) is 0 Å². The first-order chi connectivity index (χ1) is 8.18. The van der Waals surface area contributed by atoms with Crippen molar-refractivity contribution in [2.24, 2.45) is 5.73 Å². The lowest BCUT2D eigenvalue weighted by Crippen LogP contribution is -2.52. The maximum absolute atomic E-state index is 9.20. The summed E-state index contributed by atoms with van der Waals surface area (Å²) in [6.07, 6.45) is 5.35. The third-order valence-corrected chi connectivity index (χ3v) is 4.12. The first-order valence-corrected chi connectivity index (χ1v) is 7.01. The standard InChI is InChI=1S/C13H17N3S/c1-17-12-5-2-4-11(10(12)8-14)16-9-13(15)6-3-7-13/h2,4-5,16H,3,6-7,9,15H2,1H3. The van der Waals surface area contributed by atoms with Crippen molar-refractivity contribution in [1.29, 1.82) is 5.26 Å². The van der Waals surface area contributed by atoms with Gasteiger partial charge in [0.25, 0.3) is 0 Å². The molecule has 0 aromatic heterocycles. The quantitative estimate of drug-likeness (QED) is 0.803. The van der Waals surface area contributed by atoms with Crippen LogP contribution in [0.5, 0.6) is 0 Å². The van der Waals surface area contributed by atoms with Gasteiger partial charge in [-0.25, -0.2) is 0 Å². The topological polar surface area (TPSA) is 61.8 Å². The molecule has 1 aliphatic rings. The van der Waals surface area contributed by atoms with Crippen LogP contribution in [0.1, 0.15) is 24.8 Å². The molecule has 0 aliphatic heterocycles. The predicted molar refractivity (Wildman–Crippen MR) is 72.2 cm³/mol. The highest BCUT2D eigenvalue weighted by atomic mass is 32.2. The number of nitrogens with two attached hydrogens (primary N) is 1. The monoisotopic (exact) mass is 247 g/mol. The molecule has 0 heterocycles. The Hall–Kier alpha value is -1.18. The molecule has 0 bridgehead atoms. The number of nitriles is 1. The molecule has 4 heteroatoms. The van der Waals surface area contributed by atoms with Crippen LogP contribution in [0.25, 0.3) is 0 Å². The predicted octanol–water partition coefficient (Wildman–Crippen LogP) is 2.57. The molecule has 0 atom stereocenters. The second-order valence-corrected chi connectivity index (χ2v) is 5.41. The molecule has 0 saturated heterocycles. The molecule has 1 saturated carbocycles. The van der Waals surface area contributed by atoms with Crippen LogP contribution >= 0.6 is 11.8 Å². The van der Waals surface area contributed by atoms with Gasteiger partial charge in [-0.05, 0) is 37.7 Å². The van der Waals surface area contributed by atoms with Gasteiger partial charge in [-0.2, -0.15) is 5.26 Å². The molecule has 0 spiro atoms. The van der Waals surface area contributed by atoms with Crippen molar-refractivity contribution in [3.63, 3.8) is 0 Å². The van der Waals surface area contributed by atoms with E-state index in [0.717, 1.165) is 35.5 Å². The van der Waals surface area contributed by atoms with E-state index in [-0.39, 0.29) is 5.54 Å². The number of nitrogens with one attached hydrogen (secondary N) is 1. The molecule has 1 aromatic carbocycles. The molecule has 17 heavy (non-hydrogen) atoms. The van der Waals surface area contributed by atoms with Crippen molar-refractivity contribution in [3.05, 3.63) is 23.8 Å². The van der Waals surface area contributed by atoms with E-state index >= 15 is 0 Å². The SMILES string of the molecule is CSc1cccc(NCC2(N)CCC2)c1C#N. The van der Waals surface area contributed by atoms with Crippen LogP contribution in [-0.2, 0) is 0 Å². The maximum Gasteiger partial charge on any atom is 0.102 e. The number of hydrogen-bond donors (Lipinski definition) is 2. The Kier molecular flexibility index (Phi) is 3.60. The van der Waals surface area contributed by atoms with Gasteiger partial charge in [0.15, 0.2) is 0 Å². The number of hydrogen-bond acceptors (Lipinski definition) is 4. The molecular formula is C13H17N3S. The Morgan fingerprint density at radius 1 is 1.53 bits per heavy atom. The van der Waals surface area contributed by atoms with E-state index in [0.29, 0.717) is 0 Å². The maximum atomic E-state index is 9.20. The molecule has 1 aromatic rings. The van der Waals surface area contributed by atoms with Crippen LogP contribution in [0.2, 0.25) is 0 Å². The van der Waals surface area contributed by atoms with E-state index in [1.54, 1.807) is 11.8 Å². The minimum absolute atomic E-state index is 0.0674. The fourth-order valence-electron chi connectivity index (χ4n) is 2.04. The van der Waals surface area contributed by atoms with Gasteiger partial charge in [-0.3, -0.25) is 0 Å². The van der Waals surface area contributed by atoms with Gasteiger partial charge in [0.05, 0.1) is 11.3 Å². The molecule has 3 nitrogen and oxygen atoms in total. The second-order valence-electron chi connectivity index (χ2n) is 4.56. The van der Waals surface area contributed by atoms with Gasteiger partial charge in [0.1, 0.15) is 6.07 Å². The third kappa shape index (κ3) is 2.56. The largest absolute Gasteiger partial charge is 0.382 e. The number of benzene rings is 1. The van der Waals surface area contributed by atoms with Crippen LogP contribution in [-0.4, -0.2) is 18.3 Å². The Morgan fingerprint density at radius 2 is 2.29 bits per heavy atom. The fraction of sp³-hybridized carbons (Fsp3) is 0.462. The Morgan fingerprint density at radius 3 is 2.82 bits per heavy atom. The summed E-state index contributed by atoms with van der Waals surface area (Å²) in [5, 5.41) is 12.5. The van der Waals surface area contributed by atoms with Crippen molar-refractivity contribution >= 4 is 17.4 Å². The molecule has 90 valence electrons. The summed E-state index contributed by atoms with van der Waals surface area (Å²) >= 11 is 1.59. The minimum Gasteiger partial charge on any atom is -0.382 e. The zero-order valence-corrected chi connectivity index (χ0v) is 10.8. The minimum atomic E-state index is -0.0674. The number of nitrogens with zero attached hydrogens (tertiary/aromatic N) is 1. The highest BCUT2D eigenvalue weighted by Gasteiger charge is 2.32. The average Bonchev–Trinajstić information content (AvgIpc) is 2.33. The lowest BCUT2D eigenvalue weighted by atomic mass is 9.78. The highest BCUT2D eigenvalue weighted by Crippen LogP contribution is 2.31. The van der Waals surface area contributed by atoms with Gasteiger partial charge in [-0.15, -0.1) is 11.8 Å². The Labute approximate surface area is 106 Å². The second kappa shape index (κ2) is 4.99. The van der Waals surface area contributed by atoms with E-state index in [1.807, 2.05) is 24.5 Å². The van der Waals surface area contributed by atoms with Crippen molar-refractivity contribution in [2.75, 3.05) is 18.1 Å². The third-order valence-electron chi connectivity index (χ3n) is 3.34. The normalized spacial score (nSPS) is 17.0. The summed E-state index contributed by atoms with van der Waals surface area (Å²) in [5.41, 5.74) is 7.72. The smallest absolute Gasteiger partial charge is 0.102 e. The summed E-state index contributed by atoms with van der Waals surface area (Å²) in [7, 11) is 0. The van der Waals surface area contributed by atoms with Crippen LogP contribution < -0.4 is 11.1 Å². The van der Waals surface area contributed by atoms with E-state index < -0.39 is 0 Å². The van der Waals surface area contributed by atoms with Gasteiger partial charge in [0, 0.05) is 17.0 Å². The van der Waals surface area contributed by atoms with Crippen LogP contribution in [0, 0.1) is 11.3 Å². The van der Waals surface area contributed by atoms with Crippen molar-refractivity contribution < 1.29 is 0 Å². The van der Waals surface area contributed by atoms with E-state index in [9.17, 15) is 5.26 Å². The summed E-state index contributed by atoms with van der Waals surface area (Å²) in [6.45, 7) is 0.750. The van der Waals surface area contributed by atoms with Crippen LogP contribution in [0.4, 0.5) is 5.69 Å². The Balaban J connectivity index is 2.12. The molecule has 1 fully saturated rings. The summed E-state index contributed by atoms with van der Waals surface area (Å²) in [5.74, 6) is 0. The first kappa shape index (κ1) is 12.3. The first-order valence-electron chi connectivity index (χ1n) is 5.78. The van der Waals surface area contributed by atoms with Gasteiger partial charge in [-0.1, -0.05) is 6.07 Å². The number of anilines is 1. The fourth-order valence-corrected chi connectivity index (χ4v) is 2.62. The van der Waals surface area contributed by atoms with Gasteiger partial charge >= 0.3 is 0 Å². The Bertz CT molecular complexity index is 446. The number of thioether (sulfide) groups is 1. The lowest BCUT2D eigenvalue weighted by molar-refractivity contribution is 0.265. The zero-order valence-electron chi connectivity index (χ0n) is 9.99. The molecule has 0 amide bonds. The van der Waals surface area contributed by atoms with Crippen molar-refractivity contribution in [2.45, 2.75) is 29.7 Å². The molecule has 1 aliphatic carbocycles. The van der Waals surface area contributed by atoms with Crippen molar-refractivity contribution in [3.8, 4) is 6.07 Å². The zero-order chi connectivity index (χ0) is 12.3. The van der Waals surface area contributed by atoms with Gasteiger partial charge < -0.3 is 11.1 Å². The van der Waals surface area contributed by atoms with Crippen LogP contribution in [0.15, 0.2) is 23.1 Å². The highest BCUT2D eigenvalue weighted by molar-refractivity contribution is 7.98. The molecule has 2 rings (SSSR count). The van der Waals surface area contributed by atoms with E-state index in [2.05, 4.69) is 11.4 Å². The van der Waals surface area contributed by atoms with E-state index in [4.69, 9.17) is 5.73 Å². The van der Waals surface area contributed by atoms with Gasteiger partial charge in [0.2, 0.25) is 0 Å². The number of rotatable bonds is 4. The average molecular weight is 247 g/mol. The summed E-state index contributed by atoms with van der Waals surface area (Å²) in [6, 6.07) is 8.15. The summed E-state index contributed by atoms with van der Waals surface area (Å²) in [4.78, 5) is 1.01. The summed E-state index contributed by atoms with van der Waals surface area (Å²) < 4.78 is 0. The lowest BCUT2D eigenvalue weighted by Gasteiger charge is -2.38. The molecule has 0 radical (unpaired) electrons. The van der Waals surface area contributed by atoms with Crippen LogP contribution in [0.3, 0.4) is 0 Å². The molecule has 0 unspecified atom stereocenters.